The largest absolute Gasteiger partial charge is 0.392 e. The van der Waals surface area contributed by atoms with E-state index in [-0.39, 0.29) is 0 Å². The van der Waals surface area contributed by atoms with Crippen molar-refractivity contribution in [1.82, 2.24) is 0 Å². The van der Waals surface area contributed by atoms with E-state index in [0.717, 1.165) is 11.1 Å². The lowest BCUT2D eigenvalue weighted by Gasteiger charge is -2.08. The van der Waals surface area contributed by atoms with E-state index < -0.39 is 0 Å². The third-order valence-corrected chi connectivity index (χ3v) is 2.85. The Labute approximate surface area is 94.5 Å². The van der Waals surface area contributed by atoms with Crippen molar-refractivity contribution in [3.63, 3.8) is 0 Å². The van der Waals surface area contributed by atoms with Crippen molar-refractivity contribution < 1.29 is 0 Å². The Balaban J connectivity index is 2.42. The van der Waals surface area contributed by atoms with Crippen molar-refractivity contribution >= 4 is 11.8 Å². The van der Waals surface area contributed by atoms with Crippen LogP contribution in [0.1, 0.15) is 11.1 Å². The van der Waals surface area contributed by atoms with Crippen LogP contribution >= 0.6 is 0 Å². The molecule has 0 fully saturated rings. The molecular weight excluding hydrogens is 194 g/mol. The maximum absolute atomic E-state index is 6.00. The summed E-state index contributed by atoms with van der Waals surface area (Å²) < 4.78 is 0. The second kappa shape index (κ2) is 3.41. The van der Waals surface area contributed by atoms with Gasteiger partial charge < -0.3 is 5.73 Å². The van der Waals surface area contributed by atoms with Gasteiger partial charge in [-0.05, 0) is 22.8 Å². The highest BCUT2D eigenvalue weighted by molar-refractivity contribution is 5.88. The smallest absolute Gasteiger partial charge is 0.0827 e. The van der Waals surface area contributed by atoms with Gasteiger partial charge in [0.05, 0.1) is 5.70 Å². The highest BCUT2D eigenvalue weighted by Gasteiger charge is 2.11. The molecule has 1 aliphatic carbocycles. The standard InChI is InChI=1S/C15H11N/c16-15-10-9-11-5-1-2-6-12(11)13-7-3-4-8-14(13)15/h1-9H,16H2. The van der Waals surface area contributed by atoms with Crippen LogP contribution in [0.4, 0.5) is 0 Å². The van der Waals surface area contributed by atoms with Crippen LogP contribution < -0.4 is 5.73 Å². The van der Waals surface area contributed by atoms with Gasteiger partial charge in [-0.1, -0.05) is 54.3 Å². The summed E-state index contributed by atoms with van der Waals surface area (Å²) in [6.07, 6.45) is 1.95. The van der Waals surface area contributed by atoms with Crippen molar-refractivity contribution in [3.8, 4) is 11.1 Å². The molecule has 0 atom stereocenters. The summed E-state index contributed by atoms with van der Waals surface area (Å²) in [4.78, 5) is 0. The second-order valence-electron chi connectivity index (χ2n) is 3.84. The zero-order chi connectivity index (χ0) is 11.0. The molecule has 0 saturated heterocycles. The van der Waals surface area contributed by atoms with E-state index >= 15 is 0 Å². The summed E-state index contributed by atoms with van der Waals surface area (Å²) in [5.41, 5.74) is 14.4. The van der Waals surface area contributed by atoms with E-state index in [1.54, 1.807) is 0 Å². The number of hydrogen-bond acceptors (Lipinski definition) is 1. The summed E-state index contributed by atoms with van der Waals surface area (Å²) in [5, 5.41) is 0. The van der Waals surface area contributed by atoms with Gasteiger partial charge in [0.15, 0.2) is 0 Å². The number of hydrogen-bond donors (Lipinski definition) is 1. The number of benzene rings is 2. The molecule has 2 aromatic carbocycles. The fourth-order valence-corrected chi connectivity index (χ4v) is 2.05. The predicted octanol–water partition coefficient (Wildman–Crippen LogP) is 3.28. The summed E-state index contributed by atoms with van der Waals surface area (Å²) in [6.45, 7) is 0. The molecule has 0 aromatic heterocycles. The Morgan fingerprint density at radius 2 is 1.38 bits per heavy atom. The van der Waals surface area contributed by atoms with Gasteiger partial charge in [0, 0.05) is 5.56 Å². The molecule has 3 rings (SSSR count). The van der Waals surface area contributed by atoms with Crippen LogP contribution in [0.2, 0.25) is 0 Å². The summed E-state index contributed by atoms with van der Waals surface area (Å²) in [7, 11) is 0. The van der Waals surface area contributed by atoms with Crippen molar-refractivity contribution in [1.29, 1.82) is 0 Å². The van der Waals surface area contributed by atoms with E-state index in [1.807, 2.05) is 36.4 Å². The lowest BCUT2D eigenvalue weighted by molar-refractivity contribution is 1.51. The summed E-state index contributed by atoms with van der Waals surface area (Å²) in [6, 6.07) is 16.4. The molecule has 16 heavy (non-hydrogen) atoms. The Morgan fingerprint density at radius 3 is 2.19 bits per heavy atom. The van der Waals surface area contributed by atoms with Crippen molar-refractivity contribution in [2.24, 2.45) is 5.73 Å². The average Bonchev–Trinajstić information content (AvgIpc) is 2.49. The third kappa shape index (κ3) is 1.27. The van der Waals surface area contributed by atoms with Gasteiger partial charge in [-0.25, -0.2) is 0 Å². The number of fused-ring (bicyclic) bond motifs is 3. The van der Waals surface area contributed by atoms with Gasteiger partial charge in [0.2, 0.25) is 0 Å². The monoisotopic (exact) mass is 205 g/mol. The Bertz CT molecular complexity index is 617. The topological polar surface area (TPSA) is 26.0 Å². The van der Waals surface area contributed by atoms with Crippen molar-refractivity contribution in [2.45, 2.75) is 0 Å². The molecule has 76 valence electrons. The SMILES string of the molecule is NC1=C=Cc2ccccc2-c2ccccc21. The van der Waals surface area contributed by atoms with Crippen LogP contribution in [0.3, 0.4) is 0 Å². The van der Waals surface area contributed by atoms with Gasteiger partial charge in [0.25, 0.3) is 0 Å². The lowest BCUT2D eigenvalue weighted by Crippen LogP contribution is -1.96. The van der Waals surface area contributed by atoms with Crippen molar-refractivity contribution in [2.75, 3.05) is 0 Å². The highest BCUT2D eigenvalue weighted by Crippen LogP contribution is 2.32. The lowest BCUT2D eigenvalue weighted by atomic mass is 9.96. The molecule has 0 spiro atoms. The van der Waals surface area contributed by atoms with Crippen LogP contribution in [-0.4, -0.2) is 0 Å². The average molecular weight is 205 g/mol. The maximum Gasteiger partial charge on any atom is 0.0827 e. The first kappa shape index (κ1) is 9.02. The van der Waals surface area contributed by atoms with Crippen LogP contribution in [0.5, 0.6) is 0 Å². The number of nitrogens with two attached hydrogens (primary N) is 1. The molecule has 0 aliphatic heterocycles. The quantitative estimate of drug-likeness (QED) is 0.656. The predicted molar refractivity (Wildman–Crippen MR) is 67.4 cm³/mol. The fourth-order valence-electron chi connectivity index (χ4n) is 2.05. The minimum absolute atomic E-state index is 0.701. The zero-order valence-electron chi connectivity index (χ0n) is 8.77. The van der Waals surface area contributed by atoms with Gasteiger partial charge in [-0.2, -0.15) is 0 Å². The minimum Gasteiger partial charge on any atom is -0.392 e. The Kier molecular flexibility index (Phi) is 1.92. The Morgan fingerprint density at radius 1 is 0.750 bits per heavy atom. The van der Waals surface area contributed by atoms with Crippen LogP contribution in [0.25, 0.3) is 22.9 Å². The molecule has 0 radical (unpaired) electrons. The first-order chi connectivity index (χ1) is 7.86. The molecular formula is C15H11N. The summed E-state index contributed by atoms with van der Waals surface area (Å²) >= 11 is 0. The molecule has 0 heterocycles. The van der Waals surface area contributed by atoms with Crippen LogP contribution in [0, 0.1) is 0 Å². The van der Waals surface area contributed by atoms with E-state index in [0.29, 0.717) is 5.70 Å². The minimum atomic E-state index is 0.701. The van der Waals surface area contributed by atoms with Crippen LogP contribution in [-0.2, 0) is 0 Å². The Hall–Kier alpha value is -2.24. The molecule has 2 aromatic rings. The van der Waals surface area contributed by atoms with E-state index in [2.05, 4.69) is 23.9 Å². The third-order valence-electron chi connectivity index (χ3n) is 2.85. The molecule has 2 N–H and O–H groups in total. The normalized spacial score (nSPS) is 12.4. The molecule has 1 aliphatic rings. The molecule has 0 saturated carbocycles. The van der Waals surface area contributed by atoms with E-state index in [9.17, 15) is 0 Å². The van der Waals surface area contributed by atoms with Gasteiger partial charge >= 0.3 is 0 Å². The second-order valence-corrected chi connectivity index (χ2v) is 3.84. The van der Waals surface area contributed by atoms with E-state index in [1.165, 1.54) is 11.1 Å². The first-order valence-electron chi connectivity index (χ1n) is 5.27. The summed E-state index contributed by atoms with van der Waals surface area (Å²) in [5.74, 6) is 0. The zero-order valence-corrected chi connectivity index (χ0v) is 8.77. The number of rotatable bonds is 0. The van der Waals surface area contributed by atoms with Crippen LogP contribution in [0.15, 0.2) is 54.3 Å². The van der Waals surface area contributed by atoms with Crippen molar-refractivity contribution in [3.05, 3.63) is 65.4 Å². The fraction of sp³-hybridized carbons (Fsp3) is 0. The van der Waals surface area contributed by atoms with Gasteiger partial charge in [0.1, 0.15) is 0 Å². The first-order valence-corrected chi connectivity index (χ1v) is 5.27. The molecule has 1 nitrogen and oxygen atoms in total. The van der Waals surface area contributed by atoms with Gasteiger partial charge in [-0.15, -0.1) is 0 Å². The molecule has 0 unspecified atom stereocenters. The maximum atomic E-state index is 6.00. The molecule has 0 amide bonds. The van der Waals surface area contributed by atoms with Gasteiger partial charge in [-0.3, -0.25) is 0 Å². The van der Waals surface area contributed by atoms with E-state index in [4.69, 9.17) is 5.73 Å². The highest BCUT2D eigenvalue weighted by atomic mass is 14.6. The molecule has 0 bridgehead atoms. The molecule has 1 heteroatoms.